The van der Waals surface area contributed by atoms with Crippen LogP contribution in [-0.4, -0.2) is 50.0 Å². The molecule has 2 aromatic rings. The molecule has 36 heavy (non-hydrogen) atoms. The summed E-state index contributed by atoms with van der Waals surface area (Å²) in [6.45, 7) is 6.94. The van der Waals surface area contributed by atoms with E-state index in [9.17, 15) is 18.0 Å². The van der Waals surface area contributed by atoms with Gasteiger partial charge < -0.3 is 10.2 Å². The lowest BCUT2D eigenvalue weighted by Crippen LogP contribution is -2.53. The quantitative estimate of drug-likeness (QED) is 0.386. The molecule has 1 N–H and O–H groups in total. The van der Waals surface area contributed by atoms with Gasteiger partial charge in [-0.15, -0.1) is 0 Å². The molecule has 0 spiro atoms. The zero-order valence-electron chi connectivity index (χ0n) is 21.0. The molecule has 0 saturated heterocycles. The van der Waals surface area contributed by atoms with E-state index >= 15 is 0 Å². The Hall–Kier alpha value is -2.00. The minimum absolute atomic E-state index is 0.0361. The number of aryl methyl sites for hydroxylation is 1. The molecule has 0 saturated carbocycles. The third-order valence-electron chi connectivity index (χ3n) is 5.85. The molecule has 2 atom stereocenters. The minimum Gasteiger partial charge on any atom is -0.352 e. The molecule has 0 bridgehead atoms. The van der Waals surface area contributed by atoms with E-state index in [0.29, 0.717) is 27.1 Å². The van der Waals surface area contributed by atoms with E-state index in [2.05, 4.69) is 5.32 Å². The molecule has 11 heteroatoms. The van der Waals surface area contributed by atoms with Crippen molar-refractivity contribution in [3.63, 3.8) is 0 Å². The summed E-state index contributed by atoms with van der Waals surface area (Å²) in [4.78, 5) is 28.2. The summed E-state index contributed by atoms with van der Waals surface area (Å²) < 4.78 is 26.4. The average Bonchev–Trinajstić information content (AvgIpc) is 2.80. The highest BCUT2D eigenvalue weighted by molar-refractivity contribution is 7.92. The summed E-state index contributed by atoms with van der Waals surface area (Å²) in [6.07, 6.45) is 2.06. The fraction of sp³-hybridized carbons (Fsp3) is 0.440. The molecule has 2 aromatic carbocycles. The molecule has 0 fully saturated rings. The van der Waals surface area contributed by atoms with E-state index in [-0.39, 0.29) is 24.2 Å². The van der Waals surface area contributed by atoms with Crippen LogP contribution in [0.25, 0.3) is 0 Å². The number of carbonyl (C=O) groups excluding carboxylic acids is 2. The summed E-state index contributed by atoms with van der Waals surface area (Å²) in [6, 6.07) is 8.80. The Morgan fingerprint density at radius 2 is 1.64 bits per heavy atom. The molecule has 0 unspecified atom stereocenters. The highest BCUT2D eigenvalue weighted by atomic mass is 35.5. The fourth-order valence-electron chi connectivity index (χ4n) is 3.55. The Labute approximate surface area is 228 Å². The number of hydrogen-bond donors (Lipinski definition) is 1. The highest BCUT2D eigenvalue weighted by Crippen LogP contribution is 2.27. The highest BCUT2D eigenvalue weighted by Gasteiger charge is 2.32. The smallest absolute Gasteiger partial charge is 0.244 e. The van der Waals surface area contributed by atoms with E-state index in [1.807, 2.05) is 13.8 Å². The lowest BCUT2D eigenvalue weighted by molar-refractivity contribution is -0.140. The number of rotatable bonds is 11. The van der Waals surface area contributed by atoms with Crippen molar-refractivity contribution in [2.75, 3.05) is 17.1 Å². The molecule has 0 aliphatic heterocycles. The maximum absolute atomic E-state index is 13.7. The second-order valence-corrected chi connectivity index (χ2v) is 11.8. The topological polar surface area (TPSA) is 86.8 Å². The van der Waals surface area contributed by atoms with Gasteiger partial charge in [0.25, 0.3) is 0 Å². The maximum Gasteiger partial charge on any atom is 0.244 e. The molecule has 0 aliphatic carbocycles. The molecular weight excluding hydrogens is 545 g/mol. The number of nitrogens with one attached hydrogen (secondary N) is 1. The summed E-state index contributed by atoms with van der Waals surface area (Å²) in [5.41, 5.74) is 1.68. The van der Waals surface area contributed by atoms with Crippen molar-refractivity contribution in [2.45, 2.75) is 59.2 Å². The molecule has 0 aromatic heterocycles. The number of nitrogens with zero attached hydrogens (tertiary/aromatic N) is 2. The summed E-state index contributed by atoms with van der Waals surface area (Å²) in [7, 11) is -3.85. The van der Waals surface area contributed by atoms with Crippen LogP contribution in [0.15, 0.2) is 36.4 Å². The molecule has 198 valence electrons. The zero-order chi connectivity index (χ0) is 27.2. The lowest BCUT2D eigenvalue weighted by atomic mass is 10.1. The Morgan fingerprint density at radius 3 is 2.17 bits per heavy atom. The monoisotopic (exact) mass is 575 g/mol. The van der Waals surface area contributed by atoms with Crippen molar-refractivity contribution in [2.24, 2.45) is 0 Å². The predicted molar refractivity (Wildman–Crippen MR) is 147 cm³/mol. The van der Waals surface area contributed by atoms with Crippen molar-refractivity contribution in [1.82, 2.24) is 10.2 Å². The molecule has 0 aliphatic rings. The van der Waals surface area contributed by atoms with Crippen LogP contribution in [0.2, 0.25) is 15.1 Å². The van der Waals surface area contributed by atoms with Crippen LogP contribution in [0.1, 0.15) is 44.7 Å². The van der Waals surface area contributed by atoms with Gasteiger partial charge in [0.15, 0.2) is 0 Å². The molecule has 7 nitrogen and oxygen atoms in total. The first kappa shape index (κ1) is 30.2. The van der Waals surface area contributed by atoms with Crippen LogP contribution in [0.4, 0.5) is 5.69 Å². The van der Waals surface area contributed by atoms with Gasteiger partial charge in [0.1, 0.15) is 12.6 Å². The van der Waals surface area contributed by atoms with Gasteiger partial charge in [0.2, 0.25) is 21.8 Å². The number of halogens is 3. The molecule has 0 heterocycles. The molecule has 0 radical (unpaired) electrons. The third kappa shape index (κ3) is 8.00. The maximum atomic E-state index is 13.7. The second-order valence-electron chi connectivity index (χ2n) is 8.72. The van der Waals surface area contributed by atoms with Gasteiger partial charge >= 0.3 is 0 Å². The van der Waals surface area contributed by atoms with Gasteiger partial charge in [-0.25, -0.2) is 8.42 Å². The standard InChI is InChI=1S/C25H32Cl3N3O4S/c1-6-17(4)29-25(33)23(7-2)30(14-18-9-11-20(26)22(28)12-18)24(32)15-31(36(5,34)35)19-10-8-16(3)21(27)13-19/h8-13,17,23H,6-7,14-15H2,1-5H3,(H,29,33)/t17-,23+/m0/s1. The van der Waals surface area contributed by atoms with Crippen molar-refractivity contribution < 1.29 is 18.0 Å². The predicted octanol–water partition coefficient (Wildman–Crippen LogP) is 5.44. The van der Waals surface area contributed by atoms with Crippen molar-refractivity contribution in [1.29, 1.82) is 0 Å². The number of anilines is 1. The Balaban J connectivity index is 2.48. The lowest BCUT2D eigenvalue weighted by Gasteiger charge is -2.33. The van der Waals surface area contributed by atoms with E-state index in [0.717, 1.165) is 22.5 Å². The van der Waals surface area contributed by atoms with E-state index in [4.69, 9.17) is 34.8 Å². The summed E-state index contributed by atoms with van der Waals surface area (Å²) >= 11 is 18.4. The molecular formula is C25H32Cl3N3O4S. The van der Waals surface area contributed by atoms with Crippen molar-refractivity contribution >= 4 is 62.3 Å². The van der Waals surface area contributed by atoms with E-state index < -0.39 is 28.5 Å². The van der Waals surface area contributed by atoms with Gasteiger partial charge in [0.05, 0.1) is 22.0 Å². The van der Waals surface area contributed by atoms with Crippen LogP contribution in [0, 0.1) is 6.92 Å². The number of amides is 2. The Bertz CT molecular complexity index is 1210. The SMILES string of the molecule is CC[C@H](C(=O)N[C@@H](C)CC)N(Cc1ccc(Cl)c(Cl)c1)C(=O)CN(c1ccc(C)c(Cl)c1)S(C)(=O)=O. The number of benzene rings is 2. The number of carbonyl (C=O) groups is 2. The van der Waals surface area contributed by atoms with Gasteiger partial charge in [-0.1, -0.05) is 60.8 Å². The average molecular weight is 577 g/mol. The van der Waals surface area contributed by atoms with E-state index in [1.165, 1.54) is 11.0 Å². The van der Waals surface area contributed by atoms with Crippen LogP contribution < -0.4 is 9.62 Å². The normalized spacial score (nSPS) is 13.1. The van der Waals surface area contributed by atoms with Gasteiger partial charge in [-0.3, -0.25) is 13.9 Å². The van der Waals surface area contributed by atoms with Gasteiger partial charge in [-0.05, 0) is 62.1 Å². The largest absolute Gasteiger partial charge is 0.352 e. The van der Waals surface area contributed by atoms with Crippen molar-refractivity contribution in [3.8, 4) is 0 Å². The Kier molecular flexibility index (Phi) is 10.9. The molecule has 2 rings (SSSR count). The van der Waals surface area contributed by atoms with Crippen LogP contribution >= 0.6 is 34.8 Å². The van der Waals surface area contributed by atoms with Crippen LogP contribution in [0.5, 0.6) is 0 Å². The number of hydrogen-bond acceptors (Lipinski definition) is 4. The van der Waals surface area contributed by atoms with Crippen LogP contribution in [0.3, 0.4) is 0 Å². The second kappa shape index (κ2) is 13.0. The van der Waals surface area contributed by atoms with Crippen LogP contribution in [-0.2, 0) is 26.2 Å². The summed E-state index contributed by atoms with van der Waals surface area (Å²) in [5.74, 6) is -0.862. The first-order valence-corrected chi connectivity index (χ1v) is 14.5. The fourth-order valence-corrected chi connectivity index (χ4v) is 4.88. The Morgan fingerprint density at radius 1 is 0.972 bits per heavy atom. The molecule has 2 amide bonds. The van der Waals surface area contributed by atoms with E-state index in [1.54, 1.807) is 44.2 Å². The first-order chi connectivity index (χ1) is 16.8. The van der Waals surface area contributed by atoms with Crippen molar-refractivity contribution in [3.05, 3.63) is 62.6 Å². The third-order valence-corrected chi connectivity index (χ3v) is 8.13. The zero-order valence-corrected chi connectivity index (χ0v) is 24.1. The van der Waals surface area contributed by atoms with Gasteiger partial charge in [-0.2, -0.15) is 0 Å². The van der Waals surface area contributed by atoms with Gasteiger partial charge in [0, 0.05) is 17.6 Å². The number of sulfonamides is 1. The first-order valence-electron chi connectivity index (χ1n) is 11.6. The minimum atomic E-state index is -3.85. The summed E-state index contributed by atoms with van der Waals surface area (Å²) in [5, 5.41) is 3.97.